The van der Waals surface area contributed by atoms with Gasteiger partial charge in [0, 0.05) is 38.3 Å². The Morgan fingerprint density at radius 1 is 1.32 bits per heavy atom. The van der Waals surface area contributed by atoms with Crippen LogP contribution in [0.1, 0.15) is 40.0 Å². The first-order valence-corrected chi connectivity index (χ1v) is 9.34. The number of carbonyl (C=O) groups is 1. The number of aromatic nitrogens is 2. The van der Waals surface area contributed by atoms with E-state index in [-0.39, 0.29) is 17.6 Å². The van der Waals surface area contributed by atoms with E-state index in [0.29, 0.717) is 5.92 Å². The normalized spacial score (nSPS) is 22.9. The van der Waals surface area contributed by atoms with Crippen LogP contribution in [0.15, 0.2) is 12.3 Å². The molecule has 140 valence electrons. The van der Waals surface area contributed by atoms with Gasteiger partial charge in [-0.3, -0.25) is 5.32 Å². The molecular formula is C18H31N5O2. The average Bonchev–Trinajstić information content (AvgIpc) is 3.20. The summed E-state index contributed by atoms with van der Waals surface area (Å²) < 4.78 is 7.29. The minimum atomic E-state index is -0.165. The predicted molar refractivity (Wildman–Crippen MR) is 97.8 cm³/mol. The average molecular weight is 349 g/mol. The Kier molecular flexibility index (Phi) is 5.64. The summed E-state index contributed by atoms with van der Waals surface area (Å²) in [5.41, 5.74) is -0.165. The molecule has 0 unspecified atom stereocenters. The zero-order valence-corrected chi connectivity index (χ0v) is 15.6. The maximum absolute atomic E-state index is 12.3. The fourth-order valence-electron chi connectivity index (χ4n) is 3.62. The van der Waals surface area contributed by atoms with Crippen LogP contribution in [0.4, 0.5) is 10.6 Å². The molecule has 0 saturated carbocycles. The molecule has 2 N–H and O–H groups in total. The summed E-state index contributed by atoms with van der Waals surface area (Å²) in [7, 11) is 0. The van der Waals surface area contributed by atoms with Crippen LogP contribution in [0.2, 0.25) is 0 Å². The van der Waals surface area contributed by atoms with Crippen molar-refractivity contribution in [3.63, 3.8) is 0 Å². The smallest absolute Gasteiger partial charge is 0.320 e. The lowest BCUT2D eigenvalue weighted by atomic mass is 10.0. The number of piperidine rings is 1. The molecule has 2 fully saturated rings. The van der Waals surface area contributed by atoms with Crippen LogP contribution in [0.25, 0.3) is 0 Å². The molecule has 7 heteroatoms. The van der Waals surface area contributed by atoms with Crippen molar-refractivity contribution in [1.29, 1.82) is 0 Å². The van der Waals surface area contributed by atoms with E-state index in [1.54, 1.807) is 6.20 Å². The van der Waals surface area contributed by atoms with Crippen molar-refractivity contribution >= 4 is 11.8 Å². The topological polar surface area (TPSA) is 71.4 Å². The number of nitrogens with one attached hydrogen (secondary N) is 2. The number of urea groups is 1. The summed E-state index contributed by atoms with van der Waals surface area (Å²) in [4.78, 5) is 14.8. The Bertz CT molecular complexity index is 566. The highest BCUT2D eigenvalue weighted by Gasteiger charge is 2.25. The fourth-order valence-corrected chi connectivity index (χ4v) is 3.62. The standard InChI is InChI=1S/C18H31N5O2/c1-18(2,3)23-16(4-8-19-23)21-17(24)20-15-5-9-22(10-6-15)12-14-7-11-25-13-14/h4,8,14-15H,5-7,9-13H2,1-3H3,(H2,20,21,24)/t14-/m0/s1. The zero-order valence-electron chi connectivity index (χ0n) is 15.6. The SMILES string of the molecule is CC(C)(C)n1nccc1NC(=O)NC1CCN(C[C@@H]2CCOC2)CC1. The monoisotopic (exact) mass is 349 g/mol. The molecule has 0 spiro atoms. The van der Waals surface area contributed by atoms with E-state index in [1.807, 2.05) is 10.7 Å². The molecule has 1 atom stereocenters. The molecule has 1 aromatic heterocycles. The summed E-state index contributed by atoms with van der Waals surface area (Å²) in [6.45, 7) is 11.2. The Morgan fingerprint density at radius 2 is 2.08 bits per heavy atom. The molecule has 0 radical (unpaired) electrons. The first kappa shape index (κ1) is 18.2. The van der Waals surface area contributed by atoms with Crippen molar-refractivity contribution < 1.29 is 9.53 Å². The van der Waals surface area contributed by atoms with Crippen LogP contribution in [-0.2, 0) is 10.3 Å². The first-order valence-electron chi connectivity index (χ1n) is 9.34. The number of likely N-dealkylation sites (tertiary alicyclic amines) is 1. The van der Waals surface area contributed by atoms with Crippen LogP contribution < -0.4 is 10.6 Å². The van der Waals surface area contributed by atoms with E-state index in [4.69, 9.17) is 4.74 Å². The van der Waals surface area contributed by atoms with Gasteiger partial charge in [0.25, 0.3) is 0 Å². The van der Waals surface area contributed by atoms with Crippen LogP contribution >= 0.6 is 0 Å². The zero-order chi connectivity index (χ0) is 17.9. The van der Waals surface area contributed by atoms with Crippen molar-refractivity contribution in [1.82, 2.24) is 20.0 Å². The molecule has 25 heavy (non-hydrogen) atoms. The highest BCUT2D eigenvalue weighted by Crippen LogP contribution is 2.20. The van der Waals surface area contributed by atoms with Crippen molar-refractivity contribution in [2.24, 2.45) is 5.92 Å². The highest BCUT2D eigenvalue weighted by molar-refractivity contribution is 5.88. The number of carbonyl (C=O) groups excluding carboxylic acids is 1. The van der Waals surface area contributed by atoms with Crippen molar-refractivity contribution in [3.8, 4) is 0 Å². The minimum absolute atomic E-state index is 0.145. The molecule has 0 aliphatic carbocycles. The van der Waals surface area contributed by atoms with Gasteiger partial charge < -0.3 is 15.0 Å². The second-order valence-corrected chi connectivity index (χ2v) is 8.20. The minimum Gasteiger partial charge on any atom is -0.381 e. The van der Waals surface area contributed by atoms with Gasteiger partial charge in [0.15, 0.2) is 0 Å². The summed E-state index contributed by atoms with van der Waals surface area (Å²) in [5.74, 6) is 1.41. The second-order valence-electron chi connectivity index (χ2n) is 8.20. The Hall–Kier alpha value is -1.60. The number of amides is 2. The molecule has 0 aromatic carbocycles. The second kappa shape index (κ2) is 7.74. The number of ether oxygens (including phenoxy) is 1. The van der Waals surface area contributed by atoms with E-state index < -0.39 is 0 Å². The quantitative estimate of drug-likeness (QED) is 0.875. The van der Waals surface area contributed by atoms with Gasteiger partial charge in [0.2, 0.25) is 0 Å². The molecule has 1 aromatic rings. The highest BCUT2D eigenvalue weighted by atomic mass is 16.5. The number of hydrogen-bond acceptors (Lipinski definition) is 4. The van der Waals surface area contributed by atoms with Crippen molar-refractivity contribution in [2.75, 3.05) is 38.2 Å². The third-order valence-corrected chi connectivity index (χ3v) is 4.98. The van der Waals surface area contributed by atoms with Crippen molar-refractivity contribution in [3.05, 3.63) is 12.3 Å². The Morgan fingerprint density at radius 3 is 2.72 bits per heavy atom. The van der Waals surface area contributed by atoms with Crippen LogP contribution in [-0.4, -0.2) is 59.6 Å². The molecular weight excluding hydrogens is 318 g/mol. The lowest BCUT2D eigenvalue weighted by molar-refractivity contribution is 0.148. The fraction of sp³-hybridized carbons (Fsp3) is 0.778. The van der Waals surface area contributed by atoms with E-state index in [0.717, 1.165) is 51.5 Å². The number of hydrogen-bond donors (Lipinski definition) is 2. The van der Waals surface area contributed by atoms with Gasteiger partial charge in [-0.25, -0.2) is 9.48 Å². The van der Waals surface area contributed by atoms with E-state index in [2.05, 4.69) is 41.4 Å². The van der Waals surface area contributed by atoms with Gasteiger partial charge in [-0.15, -0.1) is 0 Å². The Balaban J connectivity index is 1.43. The van der Waals surface area contributed by atoms with E-state index in [9.17, 15) is 4.79 Å². The third-order valence-electron chi connectivity index (χ3n) is 4.98. The van der Waals surface area contributed by atoms with E-state index in [1.165, 1.54) is 6.42 Å². The number of rotatable bonds is 4. The predicted octanol–water partition coefficient (Wildman–Crippen LogP) is 2.26. The van der Waals surface area contributed by atoms with Gasteiger partial charge >= 0.3 is 6.03 Å². The van der Waals surface area contributed by atoms with Crippen LogP contribution in [0.3, 0.4) is 0 Å². The molecule has 2 amide bonds. The summed E-state index contributed by atoms with van der Waals surface area (Å²) >= 11 is 0. The summed E-state index contributed by atoms with van der Waals surface area (Å²) in [6, 6.07) is 1.92. The molecule has 3 heterocycles. The summed E-state index contributed by atoms with van der Waals surface area (Å²) in [6.07, 6.45) is 4.90. The lowest BCUT2D eigenvalue weighted by Crippen LogP contribution is -2.47. The maximum atomic E-state index is 12.3. The maximum Gasteiger partial charge on any atom is 0.320 e. The Labute approximate surface area is 150 Å². The number of nitrogens with zero attached hydrogens (tertiary/aromatic N) is 3. The van der Waals surface area contributed by atoms with Gasteiger partial charge in [0.05, 0.1) is 18.3 Å². The first-order chi connectivity index (χ1) is 11.9. The van der Waals surface area contributed by atoms with Gasteiger partial charge in [-0.05, 0) is 46.0 Å². The third kappa shape index (κ3) is 4.95. The van der Waals surface area contributed by atoms with E-state index >= 15 is 0 Å². The molecule has 2 aliphatic rings. The van der Waals surface area contributed by atoms with Gasteiger partial charge in [-0.2, -0.15) is 5.10 Å². The molecule has 7 nitrogen and oxygen atoms in total. The summed E-state index contributed by atoms with van der Waals surface area (Å²) in [5, 5.41) is 10.3. The number of anilines is 1. The van der Waals surface area contributed by atoms with Crippen molar-refractivity contribution in [2.45, 2.75) is 51.6 Å². The molecule has 3 rings (SSSR count). The molecule has 2 saturated heterocycles. The lowest BCUT2D eigenvalue weighted by Gasteiger charge is -2.33. The molecule has 2 aliphatic heterocycles. The molecule has 0 bridgehead atoms. The largest absolute Gasteiger partial charge is 0.381 e. The van der Waals surface area contributed by atoms with Gasteiger partial charge in [0.1, 0.15) is 5.82 Å². The van der Waals surface area contributed by atoms with Crippen LogP contribution in [0.5, 0.6) is 0 Å². The van der Waals surface area contributed by atoms with Gasteiger partial charge in [-0.1, -0.05) is 0 Å². The van der Waals surface area contributed by atoms with Crippen LogP contribution in [0, 0.1) is 5.92 Å².